The molecule has 3 rings (SSSR count). The monoisotopic (exact) mass is 325 g/mol. The highest BCUT2D eigenvalue weighted by Crippen LogP contribution is 2.44. The fourth-order valence-corrected chi connectivity index (χ4v) is 2.86. The van der Waals surface area contributed by atoms with Gasteiger partial charge >= 0.3 is 0 Å². The summed E-state index contributed by atoms with van der Waals surface area (Å²) < 4.78 is 5.45. The number of fused-ring (bicyclic) bond motifs is 1. The standard InChI is InChI=1S/C16H15N5O3/c1-8(2)14-13-12(9-4-3-5-10(6-9)21(22)23)11(7-17)15(18)24-16(13)20-19-14/h3-6,8,12H,18H2,1-2H3,(H,19,20)/t12-/m1/s1. The van der Waals surface area contributed by atoms with Crippen LogP contribution in [0.5, 0.6) is 5.88 Å². The molecule has 0 amide bonds. The Kier molecular flexibility index (Phi) is 3.69. The van der Waals surface area contributed by atoms with E-state index in [4.69, 9.17) is 10.5 Å². The predicted molar refractivity (Wildman–Crippen MR) is 85.1 cm³/mol. The summed E-state index contributed by atoms with van der Waals surface area (Å²) in [7, 11) is 0. The zero-order valence-corrected chi connectivity index (χ0v) is 13.1. The van der Waals surface area contributed by atoms with Gasteiger partial charge in [0.15, 0.2) is 0 Å². The summed E-state index contributed by atoms with van der Waals surface area (Å²) in [6.45, 7) is 3.96. The van der Waals surface area contributed by atoms with Crippen molar-refractivity contribution in [1.82, 2.24) is 10.2 Å². The smallest absolute Gasteiger partial charge is 0.269 e. The molecule has 0 aliphatic carbocycles. The summed E-state index contributed by atoms with van der Waals surface area (Å²) in [5.74, 6) is -0.199. The van der Waals surface area contributed by atoms with Crippen LogP contribution in [0.4, 0.5) is 5.69 Å². The second-order valence-electron chi connectivity index (χ2n) is 5.79. The van der Waals surface area contributed by atoms with E-state index in [0.29, 0.717) is 17.0 Å². The molecule has 2 heterocycles. The van der Waals surface area contributed by atoms with Crippen LogP contribution in [0.3, 0.4) is 0 Å². The minimum atomic E-state index is -0.560. The van der Waals surface area contributed by atoms with E-state index in [2.05, 4.69) is 16.3 Å². The van der Waals surface area contributed by atoms with Gasteiger partial charge in [-0.25, -0.2) is 0 Å². The molecule has 122 valence electrons. The first kappa shape index (κ1) is 15.6. The largest absolute Gasteiger partial charge is 0.420 e. The van der Waals surface area contributed by atoms with Crippen molar-refractivity contribution in [2.45, 2.75) is 25.7 Å². The SMILES string of the molecule is CC(C)c1[nH]nc2c1[C@H](c1cccc([N+](=O)[O-])c1)C(C#N)=C(N)O2. The molecule has 0 unspecified atom stereocenters. The van der Waals surface area contributed by atoms with Crippen molar-refractivity contribution in [3.05, 3.63) is 62.7 Å². The maximum Gasteiger partial charge on any atom is 0.269 e. The number of aromatic nitrogens is 2. The van der Waals surface area contributed by atoms with Crippen molar-refractivity contribution in [2.75, 3.05) is 0 Å². The first-order valence-electron chi connectivity index (χ1n) is 7.34. The molecule has 2 aromatic rings. The van der Waals surface area contributed by atoms with Crippen LogP contribution >= 0.6 is 0 Å². The fraction of sp³-hybridized carbons (Fsp3) is 0.250. The number of nitriles is 1. The van der Waals surface area contributed by atoms with E-state index < -0.39 is 10.8 Å². The van der Waals surface area contributed by atoms with Gasteiger partial charge in [-0.1, -0.05) is 26.0 Å². The van der Waals surface area contributed by atoms with Gasteiger partial charge in [-0.3, -0.25) is 15.2 Å². The number of rotatable bonds is 3. The van der Waals surface area contributed by atoms with Gasteiger partial charge < -0.3 is 10.5 Å². The normalized spacial score (nSPS) is 16.5. The summed E-state index contributed by atoms with van der Waals surface area (Å²) >= 11 is 0. The van der Waals surface area contributed by atoms with Gasteiger partial charge in [0.25, 0.3) is 5.69 Å². The van der Waals surface area contributed by atoms with Crippen molar-refractivity contribution in [3.8, 4) is 11.9 Å². The molecule has 1 aromatic carbocycles. The number of nitro benzene ring substituents is 1. The molecular weight excluding hydrogens is 310 g/mol. The number of allylic oxidation sites excluding steroid dienone is 1. The summed E-state index contributed by atoms with van der Waals surface area (Å²) in [6.07, 6.45) is 0. The molecule has 0 spiro atoms. The number of aromatic amines is 1. The van der Waals surface area contributed by atoms with Crippen LogP contribution < -0.4 is 10.5 Å². The Morgan fingerprint density at radius 1 is 1.50 bits per heavy atom. The van der Waals surface area contributed by atoms with E-state index in [0.717, 1.165) is 5.69 Å². The summed E-state index contributed by atoms with van der Waals surface area (Å²) in [5, 5.41) is 27.7. The van der Waals surface area contributed by atoms with E-state index in [1.807, 2.05) is 13.8 Å². The van der Waals surface area contributed by atoms with Gasteiger partial charge in [0, 0.05) is 17.8 Å². The number of hydrogen-bond acceptors (Lipinski definition) is 6. The molecule has 8 nitrogen and oxygen atoms in total. The quantitative estimate of drug-likeness (QED) is 0.658. The molecule has 0 saturated heterocycles. The molecule has 0 radical (unpaired) electrons. The molecule has 24 heavy (non-hydrogen) atoms. The number of H-pyrrole nitrogens is 1. The first-order valence-corrected chi connectivity index (χ1v) is 7.34. The Morgan fingerprint density at radius 3 is 2.88 bits per heavy atom. The van der Waals surface area contributed by atoms with Gasteiger partial charge in [0.2, 0.25) is 11.8 Å². The second kappa shape index (κ2) is 5.70. The Morgan fingerprint density at radius 2 is 2.25 bits per heavy atom. The molecule has 0 fully saturated rings. The van der Waals surface area contributed by atoms with Crippen molar-refractivity contribution < 1.29 is 9.66 Å². The van der Waals surface area contributed by atoms with Gasteiger partial charge in [0.1, 0.15) is 11.6 Å². The Labute approximate surface area is 137 Å². The van der Waals surface area contributed by atoms with Crippen LogP contribution in [-0.4, -0.2) is 15.1 Å². The van der Waals surface area contributed by atoms with Crippen LogP contribution in [-0.2, 0) is 0 Å². The zero-order valence-electron chi connectivity index (χ0n) is 13.1. The van der Waals surface area contributed by atoms with E-state index in [9.17, 15) is 15.4 Å². The molecule has 3 N–H and O–H groups in total. The lowest BCUT2D eigenvalue weighted by molar-refractivity contribution is -0.384. The topological polar surface area (TPSA) is 131 Å². The fourth-order valence-electron chi connectivity index (χ4n) is 2.86. The third kappa shape index (κ3) is 2.36. The van der Waals surface area contributed by atoms with Gasteiger partial charge in [-0.15, -0.1) is 5.10 Å². The molecule has 1 aliphatic rings. The lowest BCUT2D eigenvalue weighted by atomic mass is 9.82. The number of nitro groups is 1. The van der Waals surface area contributed by atoms with Crippen LogP contribution in [0, 0.1) is 21.4 Å². The van der Waals surface area contributed by atoms with Gasteiger partial charge in [0.05, 0.1) is 16.4 Å². The average Bonchev–Trinajstić information content (AvgIpc) is 2.97. The molecule has 1 aliphatic heterocycles. The van der Waals surface area contributed by atoms with Crippen LogP contribution in [0.25, 0.3) is 0 Å². The average molecular weight is 325 g/mol. The van der Waals surface area contributed by atoms with E-state index in [1.54, 1.807) is 12.1 Å². The highest BCUT2D eigenvalue weighted by atomic mass is 16.6. The number of ether oxygens (including phenoxy) is 1. The minimum absolute atomic E-state index is 0.0386. The number of benzene rings is 1. The maximum absolute atomic E-state index is 11.1. The van der Waals surface area contributed by atoms with Gasteiger partial charge in [-0.2, -0.15) is 5.26 Å². The van der Waals surface area contributed by atoms with Crippen LogP contribution in [0.15, 0.2) is 35.7 Å². The molecule has 0 bridgehead atoms. The van der Waals surface area contributed by atoms with E-state index in [1.165, 1.54) is 12.1 Å². The number of nitrogens with two attached hydrogens (primary N) is 1. The molecular formula is C16H15N5O3. The Balaban J connectivity index is 2.25. The second-order valence-corrected chi connectivity index (χ2v) is 5.79. The van der Waals surface area contributed by atoms with E-state index in [-0.39, 0.29) is 23.1 Å². The number of hydrogen-bond donors (Lipinski definition) is 2. The summed E-state index contributed by atoms with van der Waals surface area (Å²) in [5.41, 5.74) is 8.12. The van der Waals surface area contributed by atoms with Crippen LogP contribution in [0.1, 0.15) is 42.5 Å². The predicted octanol–water partition coefficient (Wildman–Crippen LogP) is 2.66. The lowest BCUT2D eigenvalue weighted by Crippen LogP contribution is -2.21. The highest BCUT2D eigenvalue weighted by molar-refractivity contribution is 5.56. The summed E-state index contributed by atoms with van der Waals surface area (Å²) in [4.78, 5) is 10.6. The number of nitrogens with one attached hydrogen (secondary N) is 1. The van der Waals surface area contributed by atoms with Crippen molar-refractivity contribution >= 4 is 5.69 Å². The molecule has 1 atom stereocenters. The van der Waals surface area contributed by atoms with E-state index >= 15 is 0 Å². The number of nitrogens with zero attached hydrogens (tertiary/aromatic N) is 3. The van der Waals surface area contributed by atoms with Gasteiger partial charge in [-0.05, 0) is 11.5 Å². The minimum Gasteiger partial charge on any atom is -0.420 e. The Bertz CT molecular complexity index is 891. The lowest BCUT2D eigenvalue weighted by Gasteiger charge is -2.24. The zero-order chi connectivity index (χ0) is 17.4. The van der Waals surface area contributed by atoms with Crippen molar-refractivity contribution in [1.29, 1.82) is 5.26 Å². The Hall–Kier alpha value is -3.34. The summed E-state index contributed by atoms with van der Waals surface area (Å²) in [6, 6.07) is 8.23. The van der Waals surface area contributed by atoms with Crippen molar-refractivity contribution in [3.63, 3.8) is 0 Å². The maximum atomic E-state index is 11.1. The molecule has 8 heteroatoms. The number of non-ortho nitro benzene ring substituents is 1. The third-order valence-electron chi connectivity index (χ3n) is 3.96. The molecule has 0 saturated carbocycles. The highest BCUT2D eigenvalue weighted by Gasteiger charge is 2.36. The first-order chi connectivity index (χ1) is 11.4. The third-order valence-corrected chi connectivity index (χ3v) is 3.96. The van der Waals surface area contributed by atoms with Crippen molar-refractivity contribution in [2.24, 2.45) is 5.73 Å². The molecule has 1 aromatic heterocycles. The van der Waals surface area contributed by atoms with Crippen LogP contribution in [0.2, 0.25) is 0 Å².